The maximum atomic E-state index is 13.7. The van der Waals surface area contributed by atoms with Crippen molar-refractivity contribution >= 4 is 34.0 Å². The van der Waals surface area contributed by atoms with Gasteiger partial charge >= 0.3 is 0 Å². The molecule has 8 nitrogen and oxygen atoms in total. The molecule has 3 heterocycles. The molecular weight excluding hydrogens is 550 g/mol. The third-order valence-electron chi connectivity index (χ3n) is 8.40. The molecule has 6 rings (SSSR count). The lowest BCUT2D eigenvalue weighted by Crippen LogP contribution is -2.42. The minimum Gasteiger partial charge on any atom is -0.381 e. The van der Waals surface area contributed by atoms with Gasteiger partial charge in [-0.25, -0.2) is 8.78 Å². The smallest absolute Gasteiger partial charge is 0.258 e. The number of likely N-dealkylation sites (tertiary alicyclic amines) is 1. The lowest BCUT2D eigenvalue weighted by molar-refractivity contribution is 0.0904. The number of H-pyrrole nitrogens is 1. The highest BCUT2D eigenvalue weighted by Gasteiger charge is 2.21. The number of anilines is 3. The van der Waals surface area contributed by atoms with Gasteiger partial charge in [-0.2, -0.15) is 5.10 Å². The summed E-state index contributed by atoms with van der Waals surface area (Å²) in [5, 5.41) is 14.7. The lowest BCUT2D eigenvalue weighted by Gasteiger charge is -2.34. The van der Waals surface area contributed by atoms with Crippen LogP contribution in [0.5, 0.6) is 0 Å². The van der Waals surface area contributed by atoms with Gasteiger partial charge in [0.15, 0.2) is 5.82 Å². The first-order valence-electron chi connectivity index (χ1n) is 15.1. The number of carbonyl (C=O) groups excluding carboxylic acids is 1. The van der Waals surface area contributed by atoms with Gasteiger partial charge in [-0.05, 0) is 99.3 Å². The molecule has 0 atom stereocenters. The van der Waals surface area contributed by atoms with Crippen LogP contribution in [-0.2, 0) is 11.2 Å². The van der Waals surface area contributed by atoms with Crippen molar-refractivity contribution in [2.75, 3.05) is 61.5 Å². The Hall–Kier alpha value is -4.02. The summed E-state index contributed by atoms with van der Waals surface area (Å²) in [6.07, 6.45) is 3.36. The molecule has 10 heteroatoms. The van der Waals surface area contributed by atoms with Crippen molar-refractivity contribution in [3.8, 4) is 0 Å². The molecule has 2 saturated heterocycles. The quantitative estimate of drug-likeness (QED) is 0.205. The van der Waals surface area contributed by atoms with Gasteiger partial charge in [-0.1, -0.05) is 6.07 Å². The van der Waals surface area contributed by atoms with E-state index in [4.69, 9.17) is 4.74 Å². The van der Waals surface area contributed by atoms with Crippen LogP contribution in [-0.4, -0.2) is 73.0 Å². The molecule has 4 aromatic rings. The number of nitrogens with one attached hydrogen (secondary N) is 3. The minimum absolute atomic E-state index is 0.216. The molecule has 3 N–H and O–H groups in total. The van der Waals surface area contributed by atoms with E-state index in [1.807, 2.05) is 30.3 Å². The number of halogens is 2. The average Bonchev–Trinajstić information content (AvgIpc) is 3.36. The van der Waals surface area contributed by atoms with Gasteiger partial charge in [0.2, 0.25) is 0 Å². The Balaban J connectivity index is 1.24. The first-order valence-corrected chi connectivity index (χ1v) is 15.1. The zero-order valence-corrected chi connectivity index (χ0v) is 24.5. The average molecular weight is 589 g/mol. The molecule has 226 valence electrons. The van der Waals surface area contributed by atoms with E-state index in [0.29, 0.717) is 36.6 Å². The van der Waals surface area contributed by atoms with Crippen molar-refractivity contribution in [2.45, 2.75) is 38.6 Å². The summed E-state index contributed by atoms with van der Waals surface area (Å²) < 4.78 is 33.0. The van der Waals surface area contributed by atoms with Crippen LogP contribution in [0.3, 0.4) is 0 Å². The number of nitrogens with zero attached hydrogens (tertiary/aromatic N) is 3. The standard InChI is InChI=1S/C33H38F2N6O2/c1-2-41(13-12-40-10-3-11-40)27-5-6-28(31(21-27)36-26-8-14-43-15-9-26)33(42)37-32-29-19-22(4-7-30(29)38-39-32)16-23-17-24(34)20-25(35)18-23/h4-7,17-21,26,36H,2-3,8-16H2,1H3,(H2,37,38,39,42). The summed E-state index contributed by atoms with van der Waals surface area (Å²) in [4.78, 5) is 18.6. The maximum absolute atomic E-state index is 13.7. The predicted octanol–water partition coefficient (Wildman–Crippen LogP) is 5.81. The monoisotopic (exact) mass is 588 g/mol. The topological polar surface area (TPSA) is 85.5 Å². The molecule has 3 aromatic carbocycles. The van der Waals surface area contributed by atoms with E-state index < -0.39 is 11.6 Å². The van der Waals surface area contributed by atoms with Crippen molar-refractivity contribution in [3.05, 3.63) is 82.9 Å². The molecule has 2 aliphatic heterocycles. The zero-order chi connectivity index (χ0) is 29.8. The Bertz CT molecular complexity index is 1560. The third-order valence-corrected chi connectivity index (χ3v) is 8.40. The number of aromatic amines is 1. The summed E-state index contributed by atoms with van der Waals surface area (Å²) in [6.45, 7) is 8.72. The summed E-state index contributed by atoms with van der Waals surface area (Å²) >= 11 is 0. The molecule has 1 amide bonds. The number of ether oxygens (including phenoxy) is 1. The molecule has 2 aliphatic rings. The third kappa shape index (κ3) is 6.97. The number of carbonyl (C=O) groups is 1. The van der Waals surface area contributed by atoms with Crippen LogP contribution in [0, 0.1) is 11.6 Å². The second-order valence-electron chi connectivity index (χ2n) is 11.4. The van der Waals surface area contributed by atoms with E-state index in [1.165, 1.54) is 31.6 Å². The van der Waals surface area contributed by atoms with Gasteiger partial charge in [-0.3, -0.25) is 9.89 Å². The number of benzene rings is 3. The molecule has 1 aromatic heterocycles. The van der Waals surface area contributed by atoms with Gasteiger partial charge < -0.3 is 25.2 Å². The molecule has 0 spiro atoms. The Kier molecular flexibility index (Phi) is 8.85. The highest BCUT2D eigenvalue weighted by molar-refractivity contribution is 6.11. The van der Waals surface area contributed by atoms with Crippen LogP contribution < -0.4 is 15.5 Å². The van der Waals surface area contributed by atoms with Crippen LogP contribution >= 0.6 is 0 Å². The molecule has 0 aliphatic carbocycles. The van der Waals surface area contributed by atoms with Gasteiger partial charge in [0, 0.05) is 61.7 Å². The molecule has 2 fully saturated rings. The number of amides is 1. The van der Waals surface area contributed by atoms with Gasteiger partial charge in [0.1, 0.15) is 11.6 Å². The number of hydrogen-bond acceptors (Lipinski definition) is 6. The SMILES string of the molecule is CCN(CCN1CCC1)c1ccc(C(=O)Nc2n[nH]c3ccc(Cc4cc(F)cc(F)c4)cc23)c(NC2CCOCC2)c1. The number of fused-ring (bicyclic) bond motifs is 1. The fraction of sp³-hybridized carbons (Fsp3) is 0.394. The van der Waals surface area contributed by atoms with E-state index in [9.17, 15) is 13.6 Å². The Morgan fingerprint density at radius 3 is 2.56 bits per heavy atom. The number of likely N-dealkylation sites (N-methyl/N-ethyl adjacent to an activating group) is 1. The molecule has 0 radical (unpaired) electrons. The summed E-state index contributed by atoms with van der Waals surface area (Å²) in [7, 11) is 0. The fourth-order valence-corrected chi connectivity index (χ4v) is 5.84. The highest BCUT2D eigenvalue weighted by Crippen LogP contribution is 2.29. The van der Waals surface area contributed by atoms with Crippen molar-refractivity contribution < 1.29 is 18.3 Å². The van der Waals surface area contributed by atoms with Gasteiger partial charge in [0.05, 0.1) is 11.1 Å². The van der Waals surface area contributed by atoms with Crippen LogP contribution in [0.25, 0.3) is 10.9 Å². The molecule has 0 unspecified atom stereocenters. The number of rotatable bonds is 11. The lowest BCUT2D eigenvalue weighted by atomic mass is 10.0. The van der Waals surface area contributed by atoms with Crippen LogP contribution in [0.15, 0.2) is 54.6 Å². The van der Waals surface area contributed by atoms with E-state index in [-0.39, 0.29) is 11.9 Å². The highest BCUT2D eigenvalue weighted by atomic mass is 19.1. The van der Waals surface area contributed by atoms with Crippen molar-refractivity contribution in [3.63, 3.8) is 0 Å². The first kappa shape index (κ1) is 29.1. The molecule has 43 heavy (non-hydrogen) atoms. The fourth-order valence-electron chi connectivity index (χ4n) is 5.84. The largest absolute Gasteiger partial charge is 0.381 e. The van der Waals surface area contributed by atoms with E-state index in [0.717, 1.165) is 66.4 Å². The molecule has 0 saturated carbocycles. The Morgan fingerprint density at radius 2 is 1.84 bits per heavy atom. The minimum atomic E-state index is -0.610. The maximum Gasteiger partial charge on any atom is 0.258 e. The van der Waals surface area contributed by atoms with Crippen LogP contribution in [0.1, 0.15) is 47.7 Å². The second kappa shape index (κ2) is 13.1. The molecular formula is C33H38F2N6O2. The summed E-state index contributed by atoms with van der Waals surface area (Å²) in [5.41, 5.74) is 4.54. The summed E-state index contributed by atoms with van der Waals surface area (Å²) in [6, 6.07) is 15.3. The number of hydrogen-bond donors (Lipinski definition) is 3. The molecule has 0 bridgehead atoms. The van der Waals surface area contributed by atoms with E-state index in [1.54, 1.807) is 0 Å². The first-order chi connectivity index (χ1) is 20.9. The second-order valence-corrected chi connectivity index (χ2v) is 11.4. The van der Waals surface area contributed by atoms with Gasteiger partial charge in [-0.15, -0.1) is 0 Å². The summed E-state index contributed by atoms with van der Waals surface area (Å²) in [5.74, 6) is -1.09. The number of aromatic nitrogens is 2. The zero-order valence-electron chi connectivity index (χ0n) is 24.5. The van der Waals surface area contributed by atoms with Crippen molar-refractivity contribution in [1.29, 1.82) is 0 Å². The normalized spacial score (nSPS) is 15.8. The van der Waals surface area contributed by atoms with Crippen LogP contribution in [0.4, 0.5) is 26.0 Å². The Morgan fingerprint density at radius 1 is 1.05 bits per heavy atom. The van der Waals surface area contributed by atoms with Gasteiger partial charge in [0.25, 0.3) is 5.91 Å². The Labute approximate surface area is 250 Å². The van der Waals surface area contributed by atoms with Crippen molar-refractivity contribution in [1.82, 2.24) is 15.1 Å². The predicted molar refractivity (Wildman–Crippen MR) is 166 cm³/mol. The van der Waals surface area contributed by atoms with E-state index >= 15 is 0 Å². The van der Waals surface area contributed by atoms with Crippen LogP contribution in [0.2, 0.25) is 0 Å². The van der Waals surface area contributed by atoms with E-state index in [2.05, 4.69) is 43.6 Å². The van der Waals surface area contributed by atoms with Crippen molar-refractivity contribution in [2.24, 2.45) is 0 Å².